The average Bonchev–Trinajstić information content (AvgIpc) is 3.27. The van der Waals surface area contributed by atoms with Crippen molar-refractivity contribution in [3.05, 3.63) is 84.4 Å². The van der Waals surface area contributed by atoms with Gasteiger partial charge in [-0.2, -0.15) is 23.4 Å². The predicted molar refractivity (Wildman–Crippen MR) is 127 cm³/mol. The first-order valence-electron chi connectivity index (χ1n) is 11.6. The molecule has 0 spiro atoms. The molecule has 1 aliphatic carbocycles. The van der Waals surface area contributed by atoms with Crippen molar-refractivity contribution in [2.75, 3.05) is 7.11 Å². The molecular formula is C26H21F3N6O2. The number of methoxy groups -OCH3 is 1. The van der Waals surface area contributed by atoms with Crippen LogP contribution in [0.25, 0.3) is 28.3 Å². The number of aromatic nitrogens is 6. The molecule has 8 nitrogen and oxygen atoms in total. The molecule has 4 heterocycles. The lowest BCUT2D eigenvalue weighted by molar-refractivity contribution is -0.141. The Kier molecular flexibility index (Phi) is 5.54. The lowest BCUT2D eigenvalue weighted by Gasteiger charge is -2.17. The fourth-order valence-electron chi connectivity index (χ4n) is 4.41. The van der Waals surface area contributed by atoms with Crippen molar-refractivity contribution >= 4 is 0 Å². The van der Waals surface area contributed by atoms with Gasteiger partial charge in [0.1, 0.15) is 12.0 Å². The van der Waals surface area contributed by atoms with E-state index in [-0.39, 0.29) is 17.4 Å². The SMILES string of the molecule is COc1ncnc(C2CC2)c1-c1cc(-n2nc(C(F)(F)F)cc2-c2ccco2)ccc1Cn1cccn1. The van der Waals surface area contributed by atoms with Crippen molar-refractivity contribution in [3.63, 3.8) is 0 Å². The van der Waals surface area contributed by atoms with Crippen LogP contribution in [0.4, 0.5) is 13.2 Å². The number of benzene rings is 1. The van der Waals surface area contributed by atoms with Gasteiger partial charge in [0.15, 0.2) is 11.5 Å². The maximum absolute atomic E-state index is 13.7. The minimum Gasteiger partial charge on any atom is -0.480 e. The maximum atomic E-state index is 13.7. The van der Waals surface area contributed by atoms with E-state index >= 15 is 0 Å². The van der Waals surface area contributed by atoms with Gasteiger partial charge in [-0.1, -0.05) is 6.07 Å². The number of hydrogen-bond acceptors (Lipinski definition) is 6. The van der Waals surface area contributed by atoms with Gasteiger partial charge in [0.05, 0.1) is 36.9 Å². The number of rotatable bonds is 7. The van der Waals surface area contributed by atoms with E-state index in [1.165, 1.54) is 24.4 Å². The van der Waals surface area contributed by atoms with Crippen LogP contribution < -0.4 is 4.74 Å². The van der Waals surface area contributed by atoms with Crippen LogP contribution in [-0.2, 0) is 12.7 Å². The minimum atomic E-state index is -4.62. The van der Waals surface area contributed by atoms with Gasteiger partial charge in [0.2, 0.25) is 5.88 Å². The molecule has 0 N–H and O–H groups in total. The molecular weight excluding hydrogens is 485 g/mol. The summed E-state index contributed by atoms with van der Waals surface area (Å²) in [6, 6.07) is 11.4. The molecule has 188 valence electrons. The Balaban J connectivity index is 1.57. The third-order valence-corrected chi connectivity index (χ3v) is 6.27. The molecule has 11 heteroatoms. The second-order valence-corrected chi connectivity index (χ2v) is 8.76. The van der Waals surface area contributed by atoms with Crippen molar-refractivity contribution in [3.8, 4) is 34.1 Å². The molecule has 0 atom stereocenters. The van der Waals surface area contributed by atoms with Crippen molar-refractivity contribution in [2.45, 2.75) is 31.5 Å². The number of alkyl halides is 3. The standard InChI is InChI=1S/C26H21F3N6O2/c1-36-25-23(24(16-5-6-16)30-15-31-25)19-12-18(8-7-17(19)14-34-10-3-9-32-34)35-20(21-4-2-11-37-21)13-22(33-35)26(27,28)29/h2-4,7-13,15-16H,5-6,14H2,1H3. The van der Waals surface area contributed by atoms with E-state index in [1.54, 1.807) is 35.1 Å². The molecule has 1 fully saturated rings. The van der Waals surface area contributed by atoms with E-state index in [4.69, 9.17) is 9.15 Å². The van der Waals surface area contributed by atoms with Crippen LogP contribution in [0.3, 0.4) is 0 Å². The van der Waals surface area contributed by atoms with Crippen LogP contribution in [0.1, 0.15) is 35.7 Å². The Morgan fingerprint density at radius 1 is 1.11 bits per heavy atom. The lowest BCUT2D eigenvalue weighted by Crippen LogP contribution is -2.09. The van der Waals surface area contributed by atoms with Crippen LogP contribution in [0.5, 0.6) is 5.88 Å². The first-order chi connectivity index (χ1) is 17.9. The number of halogens is 3. The highest BCUT2D eigenvalue weighted by Crippen LogP contribution is 2.47. The molecule has 5 aromatic rings. The molecule has 0 amide bonds. The smallest absolute Gasteiger partial charge is 0.435 e. The first kappa shape index (κ1) is 23.0. The molecule has 0 unspecified atom stereocenters. The zero-order valence-electron chi connectivity index (χ0n) is 19.7. The second-order valence-electron chi connectivity index (χ2n) is 8.76. The molecule has 1 aromatic carbocycles. The van der Waals surface area contributed by atoms with Gasteiger partial charge in [-0.3, -0.25) is 4.68 Å². The summed E-state index contributed by atoms with van der Waals surface area (Å²) in [4.78, 5) is 8.90. The fourth-order valence-corrected chi connectivity index (χ4v) is 4.41. The Bertz CT molecular complexity index is 1540. The summed E-state index contributed by atoms with van der Waals surface area (Å²) < 4.78 is 55.0. The summed E-state index contributed by atoms with van der Waals surface area (Å²) in [6.45, 7) is 0.433. The molecule has 6 rings (SSSR count). The van der Waals surface area contributed by atoms with E-state index in [1.807, 2.05) is 18.3 Å². The summed E-state index contributed by atoms with van der Waals surface area (Å²) in [5.74, 6) is 0.941. The molecule has 1 saturated carbocycles. The third-order valence-electron chi connectivity index (χ3n) is 6.27. The monoisotopic (exact) mass is 506 g/mol. The highest BCUT2D eigenvalue weighted by molar-refractivity contribution is 5.77. The van der Waals surface area contributed by atoms with Crippen LogP contribution >= 0.6 is 0 Å². The van der Waals surface area contributed by atoms with Gasteiger partial charge >= 0.3 is 6.18 Å². The molecule has 0 saturated heterocycles. The quantitative estimate of drug-likeness (QED) is 0.280. The Labute approximate surface area is 209 Å². The summed E-state index contributed by atoms with van der Waals surface area (Å²) in [5, 5.41) is 8.23. The zero-order valence-corrected chi connectivity index (χ0v) is 19.7. The van der Waals surface area contributed by atoms with Gasteiger partial charge in [-0.05, 0) is 54.3 Å². The van der Waals surface area contributed by atoms with Crippen molar-refractivity contribution in [2.24, 2.45) is 0 Å². The van der Waals surface area contributed by atoms with E-state index in [2.05, 4.69) is 20.2 Å². The average molecular weight is 506 g/mol. The van der Waals surface area contributed by atoms with Gasteiger partial charge < -0.3 is 9.15 Å². The predicted octanol–water partition coefficient (Wildman–Crippen LogP) is 5.74. The number of hydrogen-bond donors (Lipinski definition) is 0. The summed E-state index contributed by atoms with van der Waals surface area (Å²) in [5.41, 5.74) is 2.79. The van der Waals surface area contributed by atoms with Gasteiger partial charge in [-0.25, -0.2) is 14.6 Å². The molecule has 4 aromatic heterocycles. The number of furan rings is 1. The molecule has 1 aliphatic rings. The van der Waals surface area contributed by atoms with Crippen LogP contribution in [0.2, 0.25) is 0 Å². The van der Waals surface area contributed by atoms with Crippen molar-refractivity contribution in [1.82, 2.24) is 29.5 Å². The maximum Gasteiger partial charge on any atom is 0.435 e. The largest absolute Gasteiger partial charge is 0.480 e. The normalized spacial score (nSPS) is 13.7. The van der Waals surface area contributed by atoms with E-state index in [0.29, 0.717) is 18.1 Å². The minimum absolute atomic E-state index is 0.182. The topological polar surface area (TPSA) is 83.8 Å². The van der Waals surface area contributed by atoms with E-state index in [0.717, 1.165) is 41.3 Å². The summed E-state index contributed by atoms with van der Waals surface area (Å²) >= 11 is 0. The van der Waals surface area contributed by atoms with Crippen LogP contribution in [0.15, 0.2) is 71.9 Å². The van der Waals surface area contributed by atoms with Crippen LogP contribution in [-0.4, -0.2) is 36.6 Å². The highest BCUT2D eigenvalue weighted by atomic mass is 19.4. The van der Waals surface area contributed by atoms with Gasteiger partial charge in [0, 0.05) is 24.4 Å². The third kappa shape index (κ3) is 4.37. The molecule has 37 heavy (non-hydrogen) atoms. The van der Waals surface area contributed by atoms with Crippen molar-refractivity contribution in [1.29, 1.82) is 0 Å². The Morgan fingerprint density at radius 2 is 1.97 bits per heavy atom. The van der Waals surface area contributed by atoms with E-state index in [9.17, 15) is 13.2 Å². The highest BCUT2D eigenvalue weighted by Gasteiger charge is 2.36. The molecule has 0 bridgehead atoms. The number of ether oxygens (including phenoxy) is 1. The summed E-state index contributed by atoms with van der Waals surface area (Å²) in [6.07, 6.45) is 3.79. The van der Waals surface area contributed by atoms with Crippen LogP contribution in [0, 0.1) is 0 Å². The van der Waals surface area contributed by atoms with Crippen molar-refractivity contribution < 1.29 is 22.3 Å². The second kappa shape index (κ2) is 8.91. The molecule has 0 radical (unpaired) electrons. The number of nitrogens with zero attached hydrogens (tertiary/aromatic N) is 6. The Hall–Kier alpha value is -4.41. The first-order valence-corrected chi connectivity index (χ1v) is 11.6. The van der Waals surface area contributed by atoms with E-state index < -0.39 is 11.9 Å². The lowest BCUT2D eigenvalue weighted by atomic mass is 9.96. The Morgan fingerprint density at radius 3 is 2.65 bits per heavy atom. The molecule has 0 aliphatic heterocycles. The zero-order chi connectivity index (χ0) is 25.6. The summed E-state index contributed by atoms with van der Waals surface area (Å²) in [7, 11) is 1.54. The van der Waals surface area contributed by atoms with Gasteiger partial charge in [-0.15, -0.1) is 0 Å². The van der Waals surface area contributed by atoms with Gasteiger partial charge in [0.25, 0.3) is 0 Å². The fraction of sp³-hybridized carbons (Fsp3) is 0.231.